The number of amides is 1. The Bertz CT molecular complexity index is 601. The van der Waals surface area contributed by atoms with Crippen molar-refractivity contribution in [2.45, 2.75) is 6.42 Å². The number of benzene rings is 2. The van der Waals surface area contributed by atoms with Gasteiger partial charge in [-0.15, -0.1) is 0 Å². The maximum atomic E-state index is 13.4. The van der Waals surface area contributed by atoms with Crippen molar-refractivity contribution in [2.24, 2.45) is 0 Å². The fraction of sp³-hybridized carbons (Fsp3) is 0.188. The first kappa shape index (κ1) is 14.7. The highest BCUT2D eigenvalue weighted by molar-refractivity contribution is 9.10. The second-order valence-corrected chi connectivity index (χ2v) is 5.36. The van der Waals surface area contributed by atoms with Crippen LogP contribution in [0.1, 0.15) is 15.9 Å². The molecule has 0 bridgehead atoms. The largest absolute Gasteiger partial charge is 0.341 e. The summed E-state index contributed by atoms with van der Waals surface area (Å²) in [5, 5.41) is 0. The molecular formula is C16H15BrFNO. The van der Waals surface area contributed by atoms with Crippen molar-refractivity contribution in [3.63, 3.8) is 0 Å². The lowest BCUT2D eigenvalue weighted by molar-refractivity contribution is 0.0795. The van der Waals surface area contributed by atoms with Crippen LogP contribution in [0.3, 0.4) is 0 Å². The molecule has 104 valence electrons. The third kappa shape index (κ3) is 3.45. The van der Waals surface area contributed by atoms with Gasteiger partial charge in [-0.1, -0.05) is 36.4 Å². The summed E-state index contributed by atoms with van der Waals surface area (Å²) in [6, 6.07) is 14.4. The first-order valence-corrected chi connectivity index (χ1v) is 7.12. The van der Waals surface area contributed by atoms with Crippen LogP contribution in [0.15, 0.2) is 53.0 Å². The Morgan fingerprint density at radius 1 is 1.15 bits per heavy atom. The van der Waals surface area contributed by atoms with Gasteiger partial charge in [0.25, 0.3) is 5.91 Å². The lowest BCUT2D eigenvalue weighted by Crippen LogP contribution is -2.29. The molecule has 2 rings (SSSR count). The maximum Gasteiger partial charge on any atom is 0.254 e. The Morgan fingerprint density at radius 3 is 2.55 bits per heavy atom. The molecule has 0 aliphatic rings. The summed E-state index contributed by atoms with van der Waals surface area (Å²) in [5.74, 6) is -0.611. The normalized spacial score (nSPS) is 10.3. The number of hydrogen-bond donors (Lipinski definition) is 0. The summed E-state index contributed by atoms with van der Waals surface area (Å²) in [4.78, 5) is 13.9. The van der Waals surface area contributed by atoms with Gasteiger partial charge >= 0.3 is 0 Å². The molecule has 0 atom stereocenters. The minimum atomic E-state index is -0.424. The fourth-order valence-electron chi connectivity index (χ4n) is 1.92. The van der Waals surface area contributed by atoms with Gasteiger partial charge in [0, 0.05) is 13.6 Å². The topological polar surface area (TPSA) is 20.3 Å². The zero-order valence-electron chi connectivity index (χ0n) is 11.1. The molecule has 0 N–H and O–H groups in total. The van der Waals surface area contributed by atoms with Crippen molar-refractivity contribution < 1.29 is 9.18 Å². The average molecular weight is 336 g/mol. The molecule has 0 heterocycles. The Morgan fingerprint density at radius 2 is 1.85 bits per heavy atom. The van der Waals surface area contributed by atoms with Gasteiger partial charge in [-0.2, -0.15) is 0 Å². The second kappa shape index (κ2) is 6.66. The number of rotatable bonds is 4. The van der Waals surface area contributed by atoms with Crippen LogP contribution in [0.5, 0.6) is 0 Å². The number of carbonyl (C=O) groups excluding carboxylic acids is 1. The Labute approximate surface area is 126 Å². The third-order valence-electron chi connectivity index (χ3n) is 3.11. The van der Waals surface area contributed by atoms with Crippen LogP contribution < -0.4 is 0 Å². The van der Waals surface area contributed by atoms with Gasteiger partial charge in [0.1, 0.15) is 5.82 Å². The minimum Gasteiger partial charge on any atom is -0.341 e. The predicted octanol–water partition coefficient (Wildman–Crippen LogP) is 3.90. The fourth-order valence-corrected chi connectivity index (χ4v) is 2.35. The van der Waals surface area contributed by atoms with Crippen molar-refractivity contribution >= 4 is 21.8 Å². The molecule has 20 heavy (non-hydrogen) atoms. The number of likely N-dealkylation sites (N-methyl/N-ethyl adjacent to an activating group) is 1. The molecule has 2 nitrogen and oxygen atoms in total. The molecule has 0 saturated heterocycles. The van der Waals surface area contributed by atoms with Crippen molar-refractivity contribution in [3.05, 3.63) is 69.9 Å². The maximum absolute atomic E-state index is 13.4. The Balaban J connectivity index is 2.04. The molecule has 0 aromatic heterocycles. The standard InChI is InChI=1S/C16H15BrFNO/c1-19(11-10-12-6-3-2-4-7-12)16(20)13-8-5-9-14(18)15(13)17/h2-9H,10-11H2,1H3. The van der Waals surface area contributed by atoms with Crippen molar-refractivity contribution in [3.8, 4) is 0 Å². The van der Waals surface area contributed by atoms with Crippen molar-refractivity contribution in [2.75, 3.05) is 13.6 Å². The smallest absolute Gasteiger partial charge is 0.254 e. The Kier molecular flexibility index (Phi) is 4.90. The van der Waals surface area contributed by atoms with Gasteiger partial charge in [0.15, 0.2) is 0 Å². The summed E-state index contributed by atoms with van der Waals surface area (Å²) < 4.78 is 13.7. The van der Waals surface area contributed by atoms with Gasteiger partial charge in [0.05, 0.1) is 10.0 Å². The highest BCUT2D eigenvalue weighted by Gasteiger charge is 2.16. The third-order valence-corrected chi connectivity index (χ3v) is 3.91. The van der Waals surface area contributed by atoms with Crippen LogP contribution in [0, 0.1) is 5.82 Å². The summed E-state index contributed by atoms with van der Waals surface area (Å²) in [6.45, 7) is 0.589. The molecule has 0 aliphatic heterocycles. The van der Waals surface area contributed by atoms with E-state index in [9.17, 15) is 9.18 Å². The number of nitrogens with zero attached hydrogens (tertiary/aromatic N) is 1. The molecule has 0 saturated carbocycles. The monoisotopic (exact) mass is 335 g/mol. The van der Waals surface area contributed by atoms with E-state index >= 15 is 0 Å². The van der Waals surface area contributed by atoms with Crippen LogP contribution >= 0.6 is 15.9 Å². The second-order valence-electron chi connectivity index (χ2n) is 4.56. The summed E-state index contributed by atoms with van der Waals surface area (Å²) in [5.41, 5.74) is 1.52. The van der Waals surface area contributed by atoms with Gasteiger partial charge in [-0.05, 0) is 40.0 Å². The molecule has 0 radical (unpaired) electrons. The van der Waals surface area contributed by atoms with Crippen LogP contribution in [0.25, 0.3) is 0 Å². The lowest BCUT2D eigenvalue weighted by atomic mass is 10.1. The first-order chi connectivity index (χ1) is 9.59. The summed E-state index contributed by atoms with van der Waals surface area (Å²) >= 11 is 3.12. The minimum absolute atomic E-state index is 0.188. The first-order valence-electron chi connectivity index (χ1n) is 6.33. The van der Waals surface area contributed by atoms with Crippen molar-refractivity contribution in [1.82, 2.24) is 4.90 Å². The van der Waals surface area contributed by atoms with Crippen LogP contribution in [-0.2, 0) is 6.42 Å². The molecule has 0 fully saturated rings. The molecule has 1 amide bonds. The van der Waals surface area contributed by atoms with E-state index in [0.717, 1.165) is 6.42 Å². The van der Waals surface area contributed by atoms with E-state index in [2.05, 4.69) is 15.9 Å². The molecule has 0 aliphatic carbocycles. The average Bonchev–Trinajstić information content (AvgIpc) is 2.48. The summed E-state index contributed by atoms with van der Waals surface area (Å²) in [6.07, 6.45) is 0.774. The van der Waals surface area contributed by atoms with E-state index in [1.807, 2.05) is 30.3 Å². The quantitative estimate of drug-likeness (QED) is 0.829. The Hall–Kier alpha value is -1.68. The van der Waals surface area contributed by atoms with E-state index in [0.29, 0.717) is 12.1 Å². The zero-order valence-corrected chi connectivity index (χ0v) is 12.7. The van der Waals surface area contributed by atoms with Crippen LogP contribution in [0.2, 0.25) is 0 Å². The van der Waals surface area contributed by atoms with Gasteiger partial charge in [-0.25, -0.2) is 4.39 Å². The molecule has 4 heteroatoms. The van der Waals surface area contributed by atoms with E-state index in [1.54, 1.807) is 24.1 Å². The van der Waals surface area contributed by atoms with Gasteiger partial charge < -0.3 is 4.90 Å². The summed E-state index contributed by atoms with van der Waals surface area (Å²) in [7, 11) is 1.72. The molecule has 2 aromatic carbocycles. The molecule has 0 spiro atoms. The number of hydrogen-bond acceptors (Lipinski definition) is 1. The molecular weight excluding hydrogens is 321 g/mol. The van der Waals surface area contributed by atoms with Gasteiger partial charge in [-0.3, -0.25) is 4.79 Å². The predicted molar refractivity (Wildman–Crippen MR) is 81.2 cm³/mol. The zero-order chi connectivity index (χ0) is 14.5. The van der Waals surface area contributed by atoms with E-state index in [1.165, 1.54) is 11.6 Å². The molecule has 0 unspecified atom stereocenters. The van der Waals surface area contributed by atoms with Crippen LogP contribution in [-0.4, -0.2) is 24.4 Å². The van der Waals surface area contributed by atoms with Gasteiger partial charge in [0.2, 0.25) is 0 Å². The SMILES string of the molecule is CN(CCc1ccccc1)C(=O)c1cccc(F)c1Br. The number of halogens is 2. The lowest BCUT2D eigenvalue weighted by Gasteiger charge is -2.18. The highest BCUT2D eigenvalue weighted by Crippen LogP contribution is 2.21. The van der Waals surface area contributed by atoms with Crippen molar-refractivity contribution in [1.29, 1.82) is 0 Å². The van der Waals surface area contributed by atoms with E-state index in [-0.39, 0.29) is 10.4 Å². The van der Waals surface area contributed by atoms with Crippen LogP contribution in [0.4, 0.5) is 4.39 Å². The number of carbonyl (C=O) groups is 1. The molecule has 2 aromatic rings. The van der Waals surface area contributed by atoms with E-state index in [4.69, 9.17) is 0 Å². The highest BCUT2D eigenvalue weighted by atomic mass is 79.9. The van der Waals surface area contributed by atoms with E-state index < -0.39 is 5.82 Å².